The second-order valence-corrected chi connectivity index (χ2v) is 3.24. The summed E-state index contributed by atoms with van der Waals surface area (Å²) in [4.78, 5) is 5.46. The van der Waals surface area contributed by atoms with Gasteiger partial charge in [-0.15, -0.1) is 0 Å². The van der Waals surface area contributed by atoms with E-state index in [1.54, 1.807) is 12.1 Å². The zero-order chi connectivity index (χ0) is 10.7. The molecule has 0 fully saturated rings. The van der Waals surface area contributed by atoms with Crippen molar-refractivity contribution < 1.29 is 4.84 Å². The Hall–Kier alpha value is -2.10. The molecule has 0 aliphatic heterocycles. The molecule has 0 amide bonds. The summed E-state index contributed by atoms with van der Waals surface area (Å²) in [6.45, 7) is 0.448. The molecule has 1 aromatic carbocycles. The van der Waals surface area contributed by atoms with Crippen molar-refractivity contribution in [2.24, 2.45) is 0 Å². The highest BCUT2D eigenvalue weighted by molar-refractivity contribution is 5.43. The molecule has 0 atom stereocenters. The van der Waals surface area contributed by atoms with Gasteiger partial charge >= 0.3 is 0 Å². The molecule has 0 aliphatic rings. The molecule has 0 spiro atoms. The summed E-state index contributed by atoms with van der Waals surface area (Å²) in [5, 5.41) is 0. The van der Waals surface area contributed by atoms with Crippen LogP contribution >= 0.6 is 0 Å². The van der Waals surface area contributed by atoms with Gasteiger partial charge in [0.2, 0.25) is 0 Å². The smallest absolute Gasteiger partial charge is 0.142 e. The van der Waals surface area contributed by atoms with Crippen LogP contribution in [0.4, 0.5) is 11.6 Å². The molecule has 0 bridgehead atoms. The maximum absolute atomic E-state index is 5.66. The van der Waals surface area contributed by atoms with E-state index in [2.05, 4.69) is 0 Å². The van der Waals surface area contributed by atoms with Gasteiger partial charge < -0.3 is 16.3 Å². The largest absolute Gasteiger partial charge is 0.406 e. The summed E-state index contributed by atoms with van der Waals surface area (Å²) in [6.07, 6.45) is 0. The van der Waals surface area contributed by atoms with Crippen LogP contribution in [-0.2, 0) is 6.61 Å². The van der Waals surface area contributed by atoms with E-state index in [1.165, 1.54) is 4.73 Å². The first-order valence-corrected chi connectivity index (χ1v) is 4.67. The van der Waals surface area contributed by atoms with Crippen LogP contribution < -0.4 is 16.3 Å². The summed E-state index contributed by atoms with van der Waals surface area (Å²) in [6, 6.07) is 13.3. The average Bonchev–Trinajstić information content (AvgIpc) is 2.58. The van der Waals surface area contributed by atoms with E-state index < -0.39 is 0 Å². The molecule has 2 rings (SSSR count). The first-order valence-electron chi connectivity index (χ1n) is 4.67. The van der Waals surface area contributed by atoms with E-state index in [9.17, 15) is 0 Å². The first kappa shape index (κ1) is 9.45. The van der Waals surface area contributed by atoms with E-state index >= 15 is 0 Å². The molecule has 78 valence electrons. The molecule has 0 unspecified atom stereocenters. The topological polar surface area (TPSA) is 66.2 Å². The fourth-order valence-electron chi connectivity index (χ4n) is 1.32. The second-order valence-electron chi connectivity index (χ2n) is 3.24. The minimum absolute atomic E-state index is 0.448. The Kier molecular flexibility index (Phi) is 2.49. The van der Waals surface area contributed by atoms with Crippen molar-refractivity contribution in [3.63, 3.8) is 0 Å². The van der Waals surface area contributed by atoms with Crippen LogP contribution in [0.1, 0.15) is 5.56 Å². The van der Waals surface area contributed by atoms with Gasteiger partial charge in [-0.1, -0.05) is 30.3 Å². The normalized spacial score (nSPS) is 10.1. The van der Waals surface area contributed by atoms with Crippen molar-refractivity contribution in [3.8, 4) is 0 Å². The van der Waals surface area contributed by atoms with Crippen LogP contribution in [0.2, 0.25) is 0 Å². The standard InChI is InChI=1S/C11H13N3O/c12-10-6-7-11(13)14(10)15-8-9-4-2-1-3-5-9/h1-7H,8,12-13H2. The maximum atomic E-state index is 5.66. The second kappa shape index (κ2) is 3.96. The quantitative estimate of drug-likeness (QED) is 0.789. The number of anilines is 2. The zero-order valence-corrected chi connectivity index (χ0v) is 8.26. The lowest BCUT2D eigenvalue weighted by Gasteiger charge is -2.10. The Bertz CT molecular complexity index is 417. The van der Waals surface area contributed by atoms with Gasteiger partial charge in [-0.3, -0.25) is 0 Å². The Morgan fingerprint density at radius 3 is 2.13 bits per heavy atom. The van der Waals surface area contributed by atoms with Crippen molar-refractivity contribution in [2.75, 3.05) is 11.5 Å². The number of aromatic nitrogens is 1. The lowest BCUT2D eigenvalue weighted by molar-refractivity contribution is 0.107. The van der Waals surface area contributed by atoms with E-state index in [0.717, 1.165) is 5.56 Å². The van der Waals surface area contributed by atoms with E-state index in [-0.39, 0.29) is 0 Å². The Morgan fingerprint density at radius 2 is 1.53 bits per heavy atom. The average molecular weight is 203 g/mol. The molecule has 2 aromatic rings. The number of nitrogens with zero attached hydrogens (tertiary/aromatic N) is 1. The third-order valence-electron chi connectivity index (χ3n) is 2.10. The van der Waals surface area contributed by atoms with Crippen molar-refractivity contribution in [2.45, 2.75) is 6.61 Å². The minimum Gasteiger partial charge on any atom is -0.406 e. The monoisotopic (exact) mass is 203 g/mol. The van der Waals surface area contributed by atoms with Crippen LogP contribution in [0.15, 0.2) is 42.5 Å². The van der Waals surface area contributed by atoms with Crippen molar-refractivity contribution in [1.82, 2.24) is 4.73 Å². The number of hydrogen-bond donors (Lipinski definition) is 2. The van der Waals surface area contributed by atoms with E-state index in [0.29, 0.717) is 18.2 Å². The van der Waals surface area contributed by atoms with Crippen LogP contribution in [0, 0.1) is 0 Å². The molecule has 1 aromatic heterocycles. The van der Waals surface area contributed by atoms with Gasteiger partial charge in [-0.05, 0) is 17.7 Å². The third kappa shape index (κ3) is 2.04. The van der Waals surface area contributed by atoms with Crippen LogP contribution in [-0.4, -0.2) is 4.73 Å². The molecule has 0 saturated carbocycles. The lowest BCUT2D eigenvalue weighted by Crippen LogP contribution is -2.15. The minimum atomic E-state index is 0.448. The molecule has 0 saturated heterocycles. The van der Waals surface area contributed by atoms with Gasteiger partial charge in [-0.25, -0.2) is 0 Å². The summed E-state index contributed by atoms with van der Waals surface area (Å²) in [5.74, 6) is 1.01. The highest BCUT2D eigenvalue weighted by atomic mass is 16.7. The molecule has 4 nitrogen and oxygen atoms in total. The Balaban J connectivity index is 2.05. The van der Waals surface area contributed by atoms with Gasteiger partial charge in [-0.2, -0.15) is 4.73 Å². The summed E-state index contributed by atoms with van der Waals surface area (Å²) in [7, 11) is 0. The van der Waals surface area contributed by atoms with Crippen LogP contribution in [0.3, 0.4) is 0 Å². The van der Waals surface area contributed by atoms with Crippen molar-refractivity contribution in [3.05, 3.63) is 48.0 Å². The number of nitrogen functional groups attached to an aromatic ring is 2. The molecule has 0 radical (unpaired) electrons. The predicted octanol–water partition coefficient (Wildman–Crippen LogP) is 1.28. The van der Waals surface area contributed by atoms with Crippen LogP contribution in [0.5, 0.6) is 0 Å². The molecular formula is C11H13N3O. The van der Waals surface area contributed by atoms with Crippen LogP contribution in [0.25, 0.3) is 0 Å². The van der Waals surface area contributed by atoms with E-state index in [4.69, 9.17) is 16.3 Å². The lowest BCUT2D eigenvalue weighted by atomic mass is 10.2. The molecule has 0 aliphatic carbocycles. The van der Waals surface area contributed by atoms with E-state index in [1.807, 2.05) is 30.3 Å². The fraction of sp³-hybridized carbons (Fsp3) is 0.0909. The number of rotatable bonds is 3. The SMILES string of the molecule is Nc1ccc(N)n1OCc1ccccc1. The van der Waals surface area contributed by atoms with Gasteiger partial charge in [0, 0.05) is 0 Å². The summed E-state index contributed by atoms with van der Waals surface area (Å²) in [5.41, 5.74) is 12.4. The predicted molar refractivity (Wildman–Crippen MR) is 60.0 cm³/mol. The van der Waals surface area contributed by atoms with Crippen molar-refractivity contribution in [1.29, 1.82) is 0 Å². The number of nitrogens with two attached hydrogens (primary N) is 2. The maximum Gasteiger partial charge on any atom is 0.142 e. The van der Waals surface area contributed by atoms with Gasteiger partial charge in [0.05, 0.1) is 0 Å². The Labute approximate surface area is 88.0 Å². The zero-order valence-electron chi connectivity index (χ0n) is 8.26. The fourth-order valence-corrected chi connectivity index (χ4v) is 1.32. The molecule has 1 heterocycles. The first-order chi connectivity index (χ1) is 7.27. The van der Waals surface area contributed by atoms with Gasteiger partial charge in [0.1, 0.15) is 18.2 Å². The highest BCUT2D eigenvalue weighted by Gasteiger charge is 2.02. The highest BCUT2D eigenvalue weighted by Crippen LogP contribution is 2.11. The third-order valence-corrected chi connectivity index (χ3v) is 2.10. The van der Waals surface area contributed by atoms with Gasteiger partial charge in [0.15, 0.2) is 0 Å². The molecule has 4 heteroatoms. The number of hydrogen-bond acceptors (Lipinski definition) is 3. The number of benzene rings is 1. The van der Waals surface area contributed by atoms with Crippen molar-refractivity contribution >= 4 is 11.6 Å². The van der Waals surface area contributed by atoms with Gasteiger partial charge in [0.25, 0.3) is 0 Å². The summed E-state index contributed by atoms with van der Waals surface area (Å²) >= 11 is 0. The molecule has 4 N–H and O–H groups in total. The Morgan fingerprint density at radius 1 is 0.933 bits per heavy atom. The summed E-state index contributed by atoms with van der Waals surface area (Å²) < 4.78 is 1.42. The molecular weight excluding hydrogens is 190 g/mol. The molecule has 15 heavy (non-hydrogen) atoms.